The summed E-state index contributed by atoms with van der Waals surface area (Å²) in [6.45, 7) is 1.57. The maximum absolute atomic E-state index is 11.1. The summed E-state index contributed by atoms with van der Waals surface area (Å²) < 4.78 is 15.9. The minimum absolute atomic E-state index is 0.0634. The fraction of sp³-hybridized carbons (Fsp3) is 0.250. The van der Waals surface area contributed by atoms with Crippen molar-refractivity contribution in [1.82, 2.24) is 0 Å². The van der Waals surface area contributed by atoms with E-state index in [0.29, 0.717) is 0 Å². The van der Waals surface area contributed by atoms with E-state index < -0.39 is 7.60 Å². The van der Waals surface area contributed by atoms with Gasteiger partial charge in [0.25, 0.3) is 0 Å². The minimum atomic E-state index is -3.49. The average Bonchev–Trinajstić information content (AvgIpc) is 2.09. The molecule has 1 aromatic rings. The Morgan fingerprint density at radius 1 is 1.38 bits per heavy atom. The van der Waals surface area contributed by atoms with Crippen LogP contribution in [-0.2, 0) is 4.57 Å². The molecule has 0 saturated carbocycles. The summed E-state index contributed by atoms with van der Waals surface area (Å²) in [5.74, 6) is 0.377. The molecule has 2 N–H and O–H groups in total. The van der Waals surface area contributed by atoms with Crippen LogP contribution in [0.1, 0.15) is 6.92 Å². The highest BCUT2D eigenvalue weighted by Crippen LogP contribution is 2.41. The molecule has 0 aromatic heterocycles. The first kappa shape index (κ1) is 10.1. The maximum atomic E-state index is 11.1. The van der Waals surface area contributed by atoms with Gasteiger partial charge in [0, 0.05) is 0 Å². The summed E-state index contributed by atoms with van der Waals surface area (Å²) >= 11 is 0. The second-order valence-electron chi connectivity index (χ2n) is 2.54. The first-order chi connectivity index (χ1) is 6.03. The number of phenols is 1. The molecule has 1 rings (SSSR count). The molecule has 0 radical (unpaired) electrons. The van der Waals surface area contributed by atoms with Gasteiger partial charge in [0.1, 0.15) is 11.5 Å². The molecular formula is C8H11O4P. The smallest absolute Gasteiger partial charge is 0.376 e. The molecule has 0 bridgehead atoms. The van der Waals surface area contributed by atoms with Gasteiger partial charge in [-0.1, -0.05) is 6.92 Å². The van der Waals surface area contributed by atoms with Crippen molar-refractivity contribution in [2.75, 3.05) is 6.16 Å². The van der Waals surface area contributed by atoms with Gasteiger partial charge >= 0.3 is 7.60 Å². The SMILES string of the molecule is CCP(=O)(O)Oc1ccc(O)cc1. The van der Waals surface area contributed by atoms with Crippen molar-refractivity contribution in [2.24, 2.45) is 0 Å². The summed E-state index contributed by atoms with van der Waals surface area (Å²) in [5.41, 5.74) is 0. The van der Waals surface area contributed by atoms with E-state index in [1.807, 2.05) is 0 Å². The van der Waals surface area contributed by atoms with Gasteiger partial charge in [0.2, 0.25) is 0 Å². The lowest BCUT2D eigenvalue weighted by Gasteiger charge is -2.10. The lowest BCUT2D eigenvalue weighted by molar-refractivity contribution is 0.380. The highest BCUT2D eigenvalue weighted by Gasteiger charge is 2.16. The lowest BCUT2D eigenvalue weighted by Crippen LogP contribution is -1.93. The van der Waals surface area contributed by atoms with Crippen molar-refractivity contribution in [3.05, 3.63) is 24.3 Å². The average molecular weight is 202 g/mol. The van der Waals surface area contributed by atoms with Gasteiger partial charge in [0.15, 0.2) is 0 Å². The highest BCUT2D eigenvalue weighted by atomic mass is 31.2. The molecule has 0 aliphatic carbocycles. The first-order valence-corrected chi connectivity index (χ1v) is 5.60. The van der Waals surface area contributed by atoms with Crippen LogP contribution in [0.4, 0.5) is 0 Å². The van der Waals surface area contributed by atoms with Crippen LogP contribution < -0.4 is 4.52 Å². The molecule has 1 atom stereocenters. The Hall–Kier alpha value is -0.990. The van der Waals surface area contributed by atoms with Crippen LogP contribution in [0.5, 0.6) is 11.5 Å². The molecule has 0 amide bonds. The largest absolute Gasteiger partial charge is 0.508 e. The van der Waals surface area contributed by atoms with Crippen LogP contribution >= 0.6 is 7.60 Å². The lowest BCUT2D eigenvalue weighted by atomic mass is 10.3. The zero-order chi connectivity index (χ0) is 9.90. The van der Waals surface area contributed by atoms with E-state index in [1.165, 1.54) is 24.3 Å². The van der Waals surface area contributed by atoms with Crippen molar-refractivity contribution in [3.8, 4) is 11.5 Å². The first-order valence-electron chi connectivity index (χ1n) is 3.84. The van der Waals surface area contributed by atoms with Crippen molar-refractivity contribution >= 4 is 7.60 Å². The fourth-order valence-electron chi connectivity index (χ4n) is 0.736. The summed E-state index contributed by atoms with van der Waals surface area (Å²) in [7, 11) is -3.49. The zero-order valence-electron chi connectivity index (χ0n) is 7.17. The second-order valence-corrected chi connectivity index (χ2v) is 4.63. The van der Waals surface area contributed by atoms with Gasteiger partial charge in [-0.05, 0) is 24.3 Å². The number of phenolic OH excluding ortho intramolecular Hbond substituents is 1. The molecule has 5 heteroatoms. The topological polar surface area (TPSA) is 66.8 Å². The monoisotopic (exact) mass is 202 g/mol. The standard InChI is InChI=1S/C8H11O4P/c1-2-13(10,11)12-8-5-3-7(9)4-6-8/h3-6,9H,2H2,1H3,(H,10,11). The van der Waals surface area contributed by atoms with E-state index in [1.54, 1.807) is 6.92 Å². The molecule has 0 spiro atoms. The van der Waals surface area contributed by atoms with Crippen LogP contribution in [0.2, 0.25) is 0 Å². The maximum Gasteiger partial charge on any atom is 0.376 e. The van der Waals surface area contributed by atoms with Crippen molar-refractivity contribution in [3.63, 3.8) is 0 Å². The van der Waals surface area contributed by atoms with Crippen LogP contribution in [-0.4, -0.2) is 16.2 Å². The zero-order valence-corrected chi connectivity index (χ0v) is 8.07. The molecule has 4 nitrogen and oxygen atoms in total. The second kappa shape index (κ2) is 3.81. The third-order valence-corrected chi connectivity index (χ3v) is 2.78. The third-order valence-electron chi connectivity index (χ3n) is 1.48. The molecule has 1 aromatic carbocycles. The molecule has 13 heavy (non-hydrogen) atoms. The fourth-order valence-corrected chi connectivity index (χ4v) is 1.32. The quantitative estimate of drug-likeness (QED) is 0.735. The van der Waals surface area contributed by atoms with Crippen LogP contribution in [0, 0.1) is 0 Å². The Labute approximate surface area is 76.3 Å². The molecule has 1 unspecified atom stereocenters. The van der Waals surface area contributed by atoms with E-state index >= 15 is 0 Å². The summed E-state index contributed by atoms with van der Waals surface area (Å²) in [6, 6.07) is 5.66. The van der Waals surface area contributed by atoms with Gasteiger partial charge in [-0.25, -0.2) is 4.57 Å². The number of hydrogen-bond acceptors (Lipinski definition) is 3. The van der Waals surface area contributed by atoms with Gasteiger partial charge < -0.3 is 14.5 Å². The van der Waals surface area contributed by atoms with Crippen LogP contribution in [0.15, 0.2) is 24.3 Å². The highest BCUT2D eigenvalue weighted by molar-refractivity contribution is 7.53. The molecule has 0 heterocycles. The Morgan fingerprint density at radius 3 is 2.38 bits per heavy atom. The molecular weight excluding hydrogens is 191 g/mol. The minimum Gasteiger partial charge on any atom is -0.508 e. The Morgan fingerprint density at radius 2 is 1.92 bits per heavy atom. The van der Waals surface area contributed by atoms with Gasteiger partial charge in [-0.15, -0.1) is 0 Å². The Kier molecular flexibility index (Phi) is 2.96. The molecule has 0 aliphatic heterocycles. The predicted octanol–water partition coefficient (Wildman–Crippen LogP) is 1.98. The van der Waals surface area contributed by atoms with Crippen LogP contribution in [0.25, 0.3) is 0 Å². The normalized spacial score (nSPS) is 14.9. The van der Waals surface area contributed by atoms with Gasteiger partial charge in [-0.2, -0.15) is 0 Å². The van der Waals surface area contributed by atoms with Crippen LogP contribution in [0.3, 0.4) is 0 Å². The molecule has 0 aliphatic rings. The predicted molar refractivity (Wildman–Crippen MR) is 49.1 cm³/mol. The van der Waals surface area contributed by atoms with Crippen molar-refractivity contribution in [2.45, 2.75) is 6.92 Å². The number of aromatic hydroxyl groups is 1. The van der Waals surface area contributed by atoms with E-state index in [-0.39, 0.29) is 17.7 Å². The van der Waals surface area contributed by atoms with E-state index in [9.17, 15) is 4.57 Å². The van der Waals surface area contributed by atoms with E-state index in [2.05, 4.69) is 0 Å². The summed E-state index contributed by atoms with van der Waals surface area (Å²) in [6.07, 6.45) is 0.0634. The Bertz CT molecular complexity index is 319. The van der Waals surface area contributed by atoms with Crippen molar-refractivity contribution in [1.29, 1.82) is 0 Å². The summed E-state index contributed by atoms with van der Waals surface area (Å²) in [5, 5.41) is 8.93. The Balaban J connectivity index is 2.75. The third kappa shape index (κ3) is 3.09. The number of hydrogen-bond donors (Lipinski definition) is 2. The number of rotatable bonds is 3. The molecule has 72 valence electrons. The van der Waals surface area contributed by atoms with Gasteiger partial charge in [0.05, 0.1) is 6.16 Å². The van der Waals surface area contributed by atoms with Crippen molar-refractivity contribution < 1.29 is 19.1 Å². The number of benzene rings is 1. The van der Waals surface area contributed by atoms with Gasteiger partial charge in [-0.3, -0.25) is 0 Å². The molecule has 0 saturated heterocycles. The van der Waals surface area contributed by atoms with E-state index in [0.717, 1.165) is 0 Å². The molecule has 0 fully saturated rings. The van der Waals surface area contributed by atoms with E-state index in [4.69, 9.17) is 14.5 Å². The summed E-state index contributed by atoms with van der Waals surface area (Å²) in [4.78, 5) is 9.12.